The molecule has 0 saturated carbocycles. The molecule has 3 N–H and O–H groups in total. The number of carbonyl (C=O) groups excluding carboxylic acids is 1. The number of rotatable bonds is 6. The summed E-state index contributed by atoms with van der Waals surface area (Å²) in [7, 11) is 1.86. The van der Waals surface area contributed by atoms with Gasteiger partial charge in [-0.05, 0) is 19.2 Å². The molecule has 1 amide bonds. The number of carbonyl (C=O) groups is 1. The topological polar surface area (TPSA) is 58.4 Å². The Bertz CT molecular complexity index is 381. The third-order valence-corrected chi connectivity index (χ3v) is 2.42. The average molecular weight is 251 g/mol. The quantitative estimate of drug-likeness (QED) is 0.747. The van der Waals surface area contributed by atoms with Crippen LogP contribution in [0.4, 0.5) is 5.69 Å². The maximum atomic E-state index is 11.7. The first-order valence-corrected chi connectivity index (χ1v) is 5.80. The van der Waals surface area contributed by atoms with Gasteiger partial charge in [0, 0.05) is 18.7 Å². The van der Waals surface area contributed by atoms with Crippen LogP contribution in [0.5, 0.6) is 0 Å². The molecule has 1 aromatic rings. The van der Waals surface area contributed by atoms with E-state index in [9.17, 15) is 4.79 Å². The first-order chi connectivity index (χ1) is 8.08. The summed E-state index contributed by atoms with van der Waals surface area (Å²) >= 11 is 4.78. The largest absolute Gasteiger partial charge is 0.393 e. The summed E-state index contributed by atoms with van der Waals surface area (Å²) in [5.74, 6) is -0.0401. The highest BCUT2D eigenvalue weighted by atomic mass is 32.1. The monoisotopic (exact) mass is 251 g/mol. The Kier molecular flexibility index (Phi) is 5.59. The Balaban J connectivity index is 2.32. The molecular weight excluding hydrogens is 234 g/mol. The van der Waals surface area contributed by atoms with Crippen LogP contribution in [0, 0.1) is 0 Å². The Morgan fingerprint density at radius 3 is 2.65 bits per heavy atom. The van der Waals surface area contributed by atoms with Crippen molar-refractivity contribution in [1.29, 1.82) is 0 Å². The zero-order valence-electron chi connectivity index (χ0n) is 9.85. The van der Waals surface area contributed by atoms with Gasteiger partial charge in [0.25, 0.3) is 0 Å². The van der Waals surface area contributed by atoms with E-state index in [-0.39, 0.29) is 5.91 Å². The minimum absolute atomic E-state index is 0.0401. The molecule has 0 aliphatic carbocycles. The van der Waals surface area contributed by atoms with E-state index in [2.05, 4.69) is 5.32 Å². The molecular formula is C12H17N3OS. The lowest BCUT2D eigenvalue weighted by atomic mass is 10.3. The van der Waals surface area contributed by atoms with E-state index in [1.54, 1.807) is 0 Å². The molecule has 0 aromatic heterocycles. The van der Waals surface area contributed by atoms with Crippen LogP contribution in [0.3, 0.4) is 0 Å². The number of anilines is 1. The predicted molar refractivity (Wildman–Crippen MR) is 74.0 cm³/mol. The number of amides is 1. The maximum Gasteiger partial charge on any atom is 0.238 e. The van der Waals surface area contributed by atoms with Crippen molar-refractivity contribution in [1.82, 2.24) is 4.90 Å². The van der Waals surface area contributed by atoms with E-state index in [4.69, 9.17) is 18.0 Å². The normalized spacial score (nSPS) is 10.2. The second-order valence-corrected chi connectivity index (χ2v) is 4.39. The summed E-state index contributed by atoms with van der Waals surface area (Å²) < 4.78 is 0. The number of hydrogen-bond acceptors (Lipinski definition) is 3. The van der Waals surface area contributed by atoms with Crippen molar-refractivity contribution in [3.63, 3.8) is 0 Å². The number of benzene rings is 1. The third kappa shape index (κ3) is 5.99. The van der Waals surface area contributed by atoms with Crippen LogP contribution in [0.1, 0.15) is 6.42 Å². The molecule has 0 heterocycles. The predicted octanol–water partition coefficient (Wildman–Crippen LogP) is 1.23. The van der Waals surface area contributed by atoms with Crippen LogP contribution in [0.15, 0.2) is 30.3 Å². The van der Waals surface area contributed by atoms with Crippen LogP contribution in [0.25, 0.3) is 0 Å². The molecule has 0 fully saturated rings. The average Bonchev–Trinajstić information content (AvgIpc) is 2.27. The highest BCUT2D eigenvalue weighted by Crippen LogP contribution is 2.04. The van der Waals surface area contributed by atoms with Gasteiger partial charge in [0.2, 0.25) is 5.91 Å². The van der Waals surface area contributed by atoms with E-state index in [0.717, 1.165) is 5.69 Å². The SMILES string of the molecule is CN(CCC(N)=S)CC(=O)Nc1ccccc1. The fourth-order valence-corrected chi connectivity index (χ4v) is 1.44. The van der Waals surface area contributed by atoms with Crippen LogP contribution < -0.4 is 11.1 Å². The number of nitrogens with two attached hydrogens (primary N) is 1. The number of hydrogen-bond donors (Lipinski definition) is 2. The van der Waals surface area contributed by atoms with Gasteiger partial charge in [-0.1, -0.05) is 30.4 Å². The summed E-state index contributed by atoms with van der Waals surface area (Å²) in [6, 6.07) is 9.38. The molecule has 0 unspecified atom stereocenters. The van der Waals surface area contributed by atoms with Gasteiger partial charge in [0.15, 0.2) is 0 Å². The van der Waals surface area contributed by atoms with Crippen LogP contribution in [-0.2, 0) is 4.79 Å². The Morgan fingerprint density at radius 1 is 1.41 bits per heavy atom. The Labute approximate surface area is 107 Å². The number of nitrogens with zero attached hydrogens (tertiary/aromatic N) is 1. The molecule has 4 nitrogen and oxygen atoms in total. The number of para-hydroxylation sites is 1. The molecule has 0 saturated heterocycles. The summed E-state index contributed by atoms with van der Waals surface area (Å²) in [6.07, 6.45) is 0.629. The summed E-state index contributed by atoms with van der Waals surface area (Å²) in [6.45, 7) is 1.02. The van der Waals surface area contributed by atoms with Gasteiger partial charge in [-0.25, -0.2) is 0 Å². The van der Waals surface area contributed by atoms with Gasteiger partial charge in [-0.15, -0.1) is 0 Å². The lowest BCUT2D eigenvalue weighted by Gasteiger charge is -2.15. The minimum atomic E-state index is -0.0401. The van der Waals surface area contributed by atoms with E-state index in [1.165, 1.54) is 0 Å². The first kappa shape index (κ1) is 13.6. The second-order valence-electron chi connectivity index (χ2n) is 3.87. The molecule has 17 heavy (non-hydrogen) atoms. The van der Waals surface area contributed by atoms with Gasteiger partial charge < -0.3 is 11.1 Å². The molecule has 1 aromatic carbocycles. The van der Waals surface area contributed by atoms with Crippen molar-refractivity contribution in [2.24, 2.45) is 5.73 Å². The standard InChI is InChI=1S/C12H17N3OS/c1-15(8-7-11(13)17)9-12(16)14-10-5-3-2-4-6-10/h2-6H,7-9H2,1H3,(H2,13,17)(H,14,16). The molecule has 5 heteroatoms. The molecule has 0 aliphatic rings. The molecule has 0 spiro atoms. The van der Waals surface area contributed by atoms with Crippen molar-refractivity contribution in [3.8, 4) is 0 Å². The van der Waals surface area contributed by atoms with Crippen LogP contribution in [-0.4, -0.2) is 35.9 Å². The smallest absolute Gasteiger partial charge is 0.238 e. The van der Waals surface area contributed by atoms with Crippen molar-refractivity contribution in [2.75, 3.05) is 25.5 Å². The zero-order chi connectivity index (χ0) is 12.7. The summed E-state index contributed by atoms with van der Waals surface area (Å²) in [5, 5.41) is 2.82. The fraction of sp³-hybridized carbons (Fsp3) is 0.333. The number of thiocarbonyl (C=S) groups is 1. The van der Waals surface area contributed by atoms with Crippen molar-refractivity contribution in [3.05, 3.63) is 30.3 Å². The Morgan fingerprint density at radius 2 is 2.06 bits per heavy atom. The zero-order valence-corrected chi connectivity index (χ0v) is 10.7. The number of likely N-dealkylation sites (N-methyl/N-ethyl adjacent to an activating group) is 1. The molecule has 0 atom stereocenters. The van der Waals surface area contributed by atoms with Gasteiger partial charge >= 0.3 is 0 Å². The van der Waals surface area contributed by atoms with Crippen molar-refractivity contribution >= 4 is 28.8 Å². The molecule has 92 valence electrons. The first-order valence-electron chi connectivity index (χ1n) is 5.39. The van der Waals surface area contributed by atoms with Gasteiger partial charge in [-0.3, -0.25) is 9.69 Å². The van der Waals surface area contributed by atoms with Crippen LogP contribution >= 0.6 is 12.2 Å². The van der Waals surface area contributed by atoms with E-state index in [1.807, 2.05) is 42.3 Å². The molecule has 0 bridgehead atoms. The van der Waals surface area contributed by atoms with Gasteiger partial charge in [-0.2, -0.15) is 0 Å². The van der Waals surface area contributed by atoms with Crippen molar-refractivity contribution < 1.29 is 4.79 Å². The lowest BCUT2D eigenvalue weighted by Crippen LogP contribution is -2.32. The molecule has 0 radical (unpaired) electrons. The summed E-state index contributed by atoms with van der Waals surface area (Å²) in [5.41, 5.74) is 6.21. The van der Waals surface area contributed by atoms with Gasteiger partial charge in [0.1, 0.15) is 0 Å². The minimum Gasteiger partial charge on any atom is -0.393 e. The summed E-state index contributed by atoms with van der Waals surface area (Å²) in [4.78, 5) is 14.0. The third-order valence-electron chi connectivity index (χ3n) is 2.21. The van der Waals surface area contributed by atoms with E-state index in [0.29, 0.717) is 24.5 Å². The van der Waals surface area contributed by atoms with E-state index >= 15 is 0 Å². The molecule has 0 aliphatic heterocycles. The second kappa shape index (κ2) is 6.98. The maximum absolute atomic E-state index is 11.7. The van der Waals surface area contributed by atoms with Crippen LogP contribution in [0.2, 0.25) is 0 Å². The number of nitrogens with one attached hydrogen (secondary N) is 1. The van der Waals surface area contributed by atoms with Crippen molar-refractivity contribution in [2.45, 2.75) is 6.42 Å². The lowest BCUT2D eigenvalue weighted by molar-refractivity contribution is -0.117. The Hall–Kier alpha value is -1.46. The fourth-order valence-electron chi connectivity index (χ4n) is 1.35. The van der Waals surface area contributed by atoms with Gasteiger partial charge in [0.05, 0.1) is 11.5 Å². The highest BCUT2D eigenvalue weighted by molar-refractivity contribution is 7.80. The highest BCUT2D eigenvalue weighted by Gasteiger charge is 2.06. The van der Waals surface area contributed by atoms with E-state index < -0.39 is 0 Å². The molecule has 1 rings (SSSR count).